The lowest BCUT2D eigenvalue weighted by Gasteiger charge is -2.34. The number of likely N-dealkylation sites (tertiary alicyclic amines) is 1. The quantitative estimate of drug-likeness (QED) is 0.651. The molecule has 0 unspecified atom stereocenters. The summed E-state index contributed by atoms with van der Waals surface area (Å²) in [4.78, 5) is 10.5. The SMILES string of the molecule is CCOc1ccccc1NC(=S)N1CCC[C@@H](c2nc3ccccc3[nH]2)C1. The van der Waals surface area contributed by atoms with Gasteiger partial charge in [-0.2, -0.15) is 0 Å². The summed E-state index contributed by atoms with van der Waals surface area (Å²) < 4.78 is 5.69. The van der Waals surface area contributed by atoms with E-state index in [9.17, 15) is 0 Å². The highest BCUT2D eigenvalue weighted by atomic mass is 32.1. The van der Waals surface area contributed by atoms with Crippen molar-refractivity contribution in [3.63, 3.8) is 0 Å². The average Bonchev–Trinajstić information content (AvgIpc) is 3.14. The van der Waals surface area contributed by atoms with E-state index < -0.39 is 0 Å². The number of nitrogens with zero attached hydrogens (tertiary/aromatic N) is 2. The molecule has 2 aromatic carbocycles. The lowest BCUT2D eigenvalue weighted by molar-refractivity contribution is 0.306. The second-order valence-electron chi connectivity index (χ2n) is 6.78. The summed E-state index contributed by atoms with van der Waals surface area (Å²) >= 11 is 5.70. The molecule has 0 saturated carbocycles. The summed E-state index contributed by atoms with van der Waals surface area (Å²) in [7, 11) is 0. The molecular formula is C21H24N4OS. The van der Waals surface area contributed by atoms with Gasteiger partial charge in [0.1, 0.15) is 11.6 Å². The van der Waals surface area contributed by atoms with Crippen molar-refractivity contribution in [1.82, 2.24) is 14.9 Å². The molecule has 1 saturated heterocycles. The predicted molar refractivity (Wildman–Crippen MR) is 113 cm³/mol. The molecule has 0 spiro atoms. The Kier molecular flexibility index (Phi) is 5.25. The van der Waals surface area contributed by atoms with Gasteiger partial charge in [-0.15, -0.1) is 0 Å². The van der Waals surface area contributed by atoms with Crippen molar-refractivity contribution in [2.45, 2.75) is 25.7 Å². The van der Waals surface area contributed by atoms with Gasteiger partial charge in [-0.05, 0) is 56.2 Å². The van der Waals surface area contributed by atoms with Gasteiger partial charge in [0.25, 0.3) is 0 Å². The summed E-state index contributed by atoms with van der Waals surface area (Å²) in [5.74, 6) is 2.24. The fourth-order valence-electron chi connectivity index (χ4n) is 3.60. The Bertz CT molecular complexity index is 906. The first-order valence-electron chi connectivity index (χ1n) is 9.47. The zero-order valence-electron chi connectivity index (χ0n) is 15.4. The molecule has 0 radical (unpaired) electrons. The Labute approximate surface area is 164 Å². The van der Waals surface area contributed by atoms with E-state index >= 15 is 0 Å². The third-order valence-electron chi connectivity index (χ3n) is 4.93. The van der Waals surface area contributed by atoms with Crippen molar-refractivity contribution in [2.75, 3.05) is 25.0 Å². The van der Waals surface area contributed by atoms with Crippen LogP contribution in [0.2, 0.25) is 0 Å². The molecule has 1 aromatic heterocycles. The van der Waals surface area contributed by atoms with Gasteiger partial charge >= 0.3 is 0 Å². The van der Waals surface area contributed by atoms with Crippen LogP contribution < -0.4 is 10.1 Å². The van der Waals surface area contributed by atoms with Gasteiger partial charge in [0.05, 0.1) is 23.3 Å². The molecule has 1 aliphatic rings. The van der Waals surface area contributed by atoms with Gasteiger partial charge in [0.15, 0.2) is 5.11 Å². The van der Waals surface area contributed by atoms with E-state index in [1.54, 1.807) is 0 Å². The minimum Gasteiger partial charge on any atom is -0.492 e. The number of benzene rings is 2. The Morgan fingerprint density at radius 1 is 1.26 bits per heavy atom. The Hall–Kier alpha value is -2.60. The summed E-state index contributed by atoms with van der Waals surface area (Å²) in [5.41, 5.74) is 3.03. The normalized spacial score (nSPS) is 17.1. The van der Waals surface area contributed by atoms with Gasteiger partial charge in [-0.1, -0.05) is 24.3 Å². The largest absolute Gasteiger partial charge is 0.492 e. The van der Waals surface area contributed by atoms with E-state index in [0.29, 0.717) is 12.5 Å². The molecule has 2 heterocycles. The number of hydrogen-bond acceptors (Lipinski definition) is 3. The van der Waals surface area contributed by atoms with Gasteiger partial charge in [-0.25, -0.2) is 4.98 Å². The van der Waals surface area contributed by atoms with Crippen molar-refractivity contribution >= 4 is 34.1 Å². The second kappa shape index (κ2) is 7.96. The number of anilines is 1. The van der Waals surface area contributed by atoms with E-state index in [1.165, 1.54) is 0 Å². The van der Waals surface area contributed by atoms with Gasteiger partial charge < -0.3 is 19.9 Å². The molecule has 4 rings (SSSR count). The number of piperidine rings is 1. The Morgan fingerprint density at radius 3 is 2.93 bits per heavy atom. The van der Waals surface area contributed by atoms with Crippen LogP contribution in [0.1, 0.15) is 31.5 Å². The maximum atomic E-state index is 5.70. The number of aromatic amines is 1. The highest BCUT2D eigenvalue weighted by molar-refractivity contribution is 7.80. The summed E-state index contributed by atoms with van der Waals surface area (Å²) in [6, 6.07) is 16.1. The molecule has 1 aliphatic heterocycles. The van der Waals surface area contributed by atoms with Crippen molar-refractivity contribution in [3.8, 4) is 5.75 Å². The van der Waals surface area contributed by atoms with Crippen molar-refractivity contribution in [3.05, 3.63) is 54.4 Å². The number of ether oxygens (including phenoxy) is 1. The number of nitrogens with one attached hydrogen (secondary N) is 2. The van der Waals surface area contributed by atoms with Crippen LogP contribution in [0.15, 0.2) is 48.5 Å². The number of rotatable bonds is 4. The first kappa shape index (κ1) is 17.8. The first-order chi connectivity index (χ1) is 13.2. The van der Waals surface area contributed by atoms with Gasteiger partial charge in [0, 0.05) is 19.0 Å². The number of H-pyrrole nitrogens is 1. The van der Waals surface area contributed by atoms with Crippen molar-refractivity contribution in [2.24, 2.45) is 0 Å². The number of imidazole rings is 1. The number of para-hydroxylation sites is 4. The number of aromatic nitrogens is 2. The van der Waals surface area contributed by atoms with Crippen molar-refractivity contribution in [1.29, 1.82) is 0 Å². The Balaban J connectivity index is 1.47. The zero-order chi connectivity index (χ0) is 18.6. The van der Waals surface area contributed by atoms with Crippen molar-refractivity contribution < 1.29 is 4.74 Å². The van der Waals surface area contributed by atoms with E-state index in [2.05, 4.69) is 21.3 Å². The molecule has 0 bridgehead atoms. The molecule has 27 heavy (non-hydrogen) atoms. The minimum absolute atomic E-state index is 0.355. The van der Waals surface area contributed by atoms with Crippen LogP contribution in [0.5, 0.6) is 5.75 Å². The lowest BCUT2D eigenvalue weighted by Crippen LogP contribution is -2.41. The van der Waals surface area contributed by atoms with Gasteiger partial charge in [-0.3, -0.25) is 0 Å². The predicted octanol–water partition coefficient (Wildman–Crippen LogP) is 4.54. The van der Waals surface area contributed by atoms with E-state index in [0.717, 1.165) is 59.3 Å². The van der Waals surface area contributed by atoms with Crippen LogP contribution in [0, 0.1) is 0 Å². The average molecular weight is 381 g/mol. The van der Waals surface area contributed by atoms with E-state index in [1.807, 2.05) is 49.4 Å². The topological polar surface area (TPSA) is 53.2 Å². The van der Waals surface area contributed by atoms with E-state index in [4.69, 9.17) is 21.9 Å². The molecule has 0 amide bonds. The van der Waals surface area contributed by atoms with Crippen LogP contribution in [-0.2, 0) is 0 Å². The van der Waals surface area contributed by atoms with Crippen LogP contribution in [0.4, 0.5) is 5.69 Å². The maximum Gasteiger partial charge on any atom is 0.173 e. The zero-order valence-corrected chi connectivity index (χ0v) is 16.3. The standard InChI is InChI=1S/C21H24N4OS/c1-2-26-19-12-6-5-11-18(19)24-21(27)25-13-7-8-15(14-25)20-22-16-9-3-4-10-17(16)23-20/h3-6,9-12,15H,2,7-8,13-14H2,1H3,(H,22,23)(H,24,27)/t15-/m1/s1. The molecule has 0 aliphatic carbocycles. The first-order valence-corrected chi connectivity index (χ1v) is 9.88. The minimum atomic E-state index is 0.355. The molecule has 5 nitrogen and oxygen atoms in total. The fraction of sp³-hybridized carbons (Fsp3) is 0.333. The fourth-order valence-corrected chi connectivity index (χ4v) is 3.87. The second-order valence-corrected chi connectivity index (χ2v) is 7.17. The molecule has 1 fully saturated rings. The van der Waals surface area contributed by atoms with E-state index in [-0.39, 0.29) is 0 Å². The summed E-state index contributed by atoms with van der Waals surface area (Å²) in [5, 5.41) is 4.10. The maximum absolute atomic E-state index is 5.70. The number of hydrogen-bond donors (Lipinski definition) is 2. The van der Waals surface area contributed by atoms with Crippen LogP contribution in [0.3, 0.4) is 0 Å². The van der Waals surface area contributed by atoms with Crippen LogP contribution in [-0.4, -0.2) is 39.7 Å². The molecule has 3 aromatic rings. The van der Waals surface area contributed by atoms with Crippen LogP contribution in [0.25, 0.3) is 11.0 Å². The third kappa shape index (κ3) is 3.90. The highest BCUT2D eigenvalue weighted by Crippen LogP contribution is 2.28. The summed E-state index contributed by atoms with van der Waals surface area (Å²) in [6.07, 6.45) is 2.21. The smallest absolute Gasteiger partial charge is 0.173 e. The Morgan fingerprint density at radius 2 is 2.07 bits per heavy atom. The summed E-state index contributed by atoms with van der Waals surface area (Å²) in [6.45, 7) is 4.43. The molecule has 2 N–H and O–H groups in total. The van der Waals surface area contributed by atoms with Gasteiger partial charge in [0.2, 0.25) is 0 Å². The van der Waals surface area contributed by atoms with Crippen LogP contribution >= 0.6 is 12.2 Å². The molecule has 6 heteroatoms. The number of fused-ring (bicyclic) bond motifs is 1. The monoisotopic (exact) mass is 380 g/mol. The molecular weight excluding hydrogens is 356 g/mol. The third-order valence-corrected chi connectivity index (χ3v) is 5.29. The molecule has 140 valence electrons. The lowest BCUT2D eigenvalue weighted by atomic mass is 9.98. The number of thiocarbonyl (C=S) groups is 1. The highest BCUT2D eigenvalue weighted by Gasteiger charge is 2.25. The molecule has 1 atom stereocenters.